The molecule has 4 aliphatic rings. The van der Waals surface area contributed by atoms with Gasteiger partial charge in [0.1, 0.15) is 23.3 Å². The van der Waals surface area contributed by atoms with Crippen LogP contribution in [0.5, 0.6) is 0 Å². The number of anilines is 2. The Morgan fingerprint density at radius 2 is 1.75 bits per heavy atom. The Labute approximate surface area is 386 Å². The summed E-state index contributed by atoms with van der Waals surface area (Å²) >= 11 is 0. The van der Waals surface area contributed by atoms with Crippen LogP contribution in [0.2, 0.25) is 0 Å². The number of alkyl halides is 2. The predicted octanol–water partition coefficient (Wildman–Crippen LogP) is 6.99. The van der Waals surface area contributed by atoms with Gasteiger partial charge in [-0.2, -0.15) is 5.10 Å². The molecule has 3 fully saturated rings. The molecule has 8 heterocycles. The molecule has 0 radical (unpaired) electrons. The number of amides is 3. The third-order valence-corrected chi connectivity index (χ3v) is 14.4. The molecular weight excluding hydrogens is 860 g/mol. The molecule has 14 nitrogen and oxygen atoms in total. The van der Waals surface area contributed by atoms with Gasteiger partial charge in [0.05, 0.1) is 36.9 Å². The maximum absolute atomic E-state index is 15.7. The number of aryl methyl sites for hydroxylation is 1. The summed E-state index contributed by atoms with van der Waals surface area (Å²) < 4.78 is 50.8. The van der Waals surface area contributed by atoms with Crippen LogP contribution in [0.25, 0.3) is 22.2 Å². The molecule has 3 amide bonds. The molecular formula is C50H54F3N11O3. The number of likely N-dealkylation sites (tertiary alicyclic amines) is 2. The largest absolute Gasteiger partial charge is 0.384 e. The van der Waals surface area contributed by atoms with Crippen LogP contribution in [-0.4, -0.2) is 101 Å². The lowest BCUT2D eigenvalue weighted by Gasteiger charge is -2.38. The first-order chi connectivity index (χ1) is 32.3. The predicted molar refractivity (Wildman–Crippen MR) is 248 cm³/mol. The molecule has 2 aromatic carbocycles. The zero-order valence-corrected chi connectivity index (χ0v) is 37.6. The number of fused-ring (bicyclic) bond motifs is 2. The summed E-state index contributed by atoms with van der Waals surface area (Å²) in [7, 11) is 2.08. The third-order valence-electron chi connectivity index (χ3n) is 14.4. The molecule has 0 saturated carbocycles. The van der Waals surface area contributed by atoms with E-state index in [1.807, 2.05) is 52.2 Å². The molecule has 6 aromatic rings. The van der Waals surface area contributed by atoms with E-state index in [4.69, 9.17) is 15.8 Å². The number of halogens is 3. The average molecular weight is 914 g/mol. The van der Waals surface area contributed by atoms with E-state index < -0.39 is 36.2 Å². The Hall–Kier alpha value is -6.59. The van der Waals surface area contributed by atoms with Crippen molar-refractivity contribution in [1.82, 2.24) is 44.3 Å². The number of rotatable bonds is 10. The zero-order chi connectivity index (χ0) is 46.6. The number of aromatic nitrogens is 5. The number of pyridine rings is 2. The Morgan fingerprint density at radius 3 is 2.48 bits per heavy atom. The van der Waals surface area contributed by atoms with Gasteiger partial charge in [0.2, 0.25) is 11.8 Å². The average Bonchev–Trinajstić information content (AvgIpc) is 3.89. The number of nitrogens with two attached hydrogens (primary N) is 1. The number of imide groups is 1. The molecule has 4 aliphatic heterocycles. The van der Waals surface area contributed by atoms with Gasteiger partial charge < -0.3 is 20.5 Å². The minimum Gasteiger partial charge on any atom is -0.384 e. The number of hydrogen-bond acceptors (Lipinski definition) is 10. The normalized spacial score (nSPS) is 21.0. The van der Waals surface area contributed by atoms with Crippen molar-refractivity contribution in [3.8, 4) is 11.1 Å². The van der Waals surface area contributed by atoms with Crippen LogP contribution in [-0.2, 0) is 36.3 Å². The Morgan fingerprint density at radius 1 is 0.940 bits per heavy atom. The van der Waals surface area contributed by atoms with E-state index in [0.29, 0.717) is 49.2 Å². The number of carbonyl (C=O) groups excluding carboxylic acids is 3. The summed E-state index contributed by atoms with van der Waals surface area (Å²) in [6.07, 6.45) is 6.14. The van der Waals surface area contributed by atoms with Gasteiger partial charge >= 0.3 is 0 Å². The Bertz CT molecular complexity index is 2840. The highest BCUT2D eigenvalue weighted by molar-refractivity contribution is 6.01. The standard InChI is InChI=1S/C50H54F3N11O3/c1-30(44-25-40-38(13-17-55-47(40)60(44)2)34-7-11-45(54)56-26-34)62-19-14-32(15-20-62)31-3-5-33(6-4-31)49(67)63-21-22-64-37(28-63)23-36(59-64)27-61-18-16-41(50(52,53)29-61)39-9-8-35(24-42(39)51)57-43-10-12-46(65)58-48(43)66/h3-9,11,13,17,23-26,30,32,41,43,57H,10,12,14-16,18-22,27-29H2,1-2H3,(H2,54,56)(H,58,65,66)/t30-,41?,43?/m0/s1. The van der Waals surface area contributed by atoms with E-state index in [1.54, 1.807) is 11.1 Å². The van der Waals surface area contributed by atoms with Gasteiger partial charge in [0.25, 0.3) is 11.8 Å². The second-order valence-corrected chi connectivity index (χ2v) is 18.6. The molecule has 3 saturated heterocycles. The first-order valence-corrected chi connectivity index (χ1v) is 23.1. The van der Waals surface area contributed by atoms with Gasteiger partial charge in [0, 0.05) is 72.9 Å². The maximum Gasteiger partial charge on any atom is 0.267 e. The molecule has 348 valence electrons. The number of benzene rings is 2. The van der Waals surface area contributed by atoms with E-state index in [-0.39, 0.29) is 54.9 Å². The van der Waals surface area contributed by atoms with Crippen molar-refractivity contribution in [3.05, 3.63) is 125 Å². The molecule has 4 N–H and O–H groups in total. The van der Waals surface area contributed by atoms with Crippen LogP contribution in [0.15, 0.2) is 85.2 Å². The fraction of sp³-hybridized carbons (Fsp3) is 0.400. The fourth-order valence-corrected chi connectivity index (χ4v) is 10.6. The van der Waals surface area contributed by atoms with Gasteiger partial charge in [-0.1, -0.05) is 18.2 Å². The smallest absolute Gasteiger partial charge is 0.267 e. The molecule has 0 spiro atoms. The molecule has 4 aromatic heterocycles. The van der Waals surface area contributed by atoms with E-state index in [0.717, 1.165) is 59.9 Å². The van der Waals surface area contributed by atoms with Gasteiger partial charge in [-0.25, -0.2) is 23.1 Å². The maximum atomic E-state index is 15.7. The Kier molecular flexibility index (Phi) is 11.8. The highest BCUT2D eigenvalue weighted by Crippen LogP contribution is 2.42. The van der Waals surface area contributed by atoms with Crippen molar-refractivity contribution in [1.29, 1.82) is 0 Å². The summed E-state index contributed by atoms with van der Waals surface area (Å²) in [5.41, 5.74) is 13.7. The van der Waals surface area contributed by atoms with Crippen LogP contribution in [0, 0.1) is 5.82 Å². The van der Waals surface area contributed by atoms with Crippen LogP contribution in [0.1, 0.15) is 95.5 Å². The van der Waals surface area contributed by atoms with E-state index in [9.17, 15) is 14.4 Å². The van der Waals surface area contributed by atoms with E-state index in [2.05, 4.69) is 57.3 Å². The van der Waals surface area contributed by atoms with Gasteiger partial charge in [0.15, 0.2) is 0 Å². The number of piperidine rings is 3. The number of hydrogen-bond donors (Lipinski definition) is 3. The lowest BCUT2D eigenvalue weighted by Crippen LogP contribution is -2.47. The first-order valence-electron chi connectivity index (χ1n) is 23.1. The number of nitrogens with one attached hydrogen (secondary N) is 2. The molecule has 67 heavy (non-hydrogen) atoms. The monoisotopic (exact) mass is 913 g/mol. The summed E-state index contributed by atoms with van der Waals surface area (Å²) in [5, 5.41) is 11.0. The van der Waals surface area contributed by atoms with Crippen molar-refractivity contribution in [2.24, 2.45) is 7.05 Å². The Balaban J connectivity index is 0.715. The summed E-state index contributed by atoms with van der Waals surface area (Å²) in [5.74, 6) is -5.32. The highest BCUT2D eigenvalue weighted by atomic mass is 19.3. The fourth-order valence-electron chi connectivity index (χ4n) is 10.6. The van der Waals surface area contributed by atoms with Gasteiger partial charge in [-0.15, -0.1) is 0 Å². The van der Waals surface area contributed by atoms with Crippen molar-refractivity contribution in [3.63, 3.8) is 0 Å². The minimum atomic E-state index is -3.20. The van der Waals surface area contributed by atoms with Crippen LogP contribution >= 0.6 is 0 Å². The number of carbonyl (C=O) groups is 3. The number of nitrogen functional groups attached to an aromatic ring is 1. The summed E-state index contributed by atoms with van der Waals surface area (Å²) in [6.45, 7) is 5.48. The molecule has 0 aliphatic carbocycles. The lowest BCUT2D eigenvalue weighted by atomic mass is 9.85. The third kappa shape index (κ3) is 8.89. The van der Waals surface area contributed by atoms with Crippen LogP contribution in [0.4, 0.5) is 24.7 Å². The van der Waals surface area contributed by atoms with E-state index >= 15 is 13.2 Å². The quantitative estimate of drug-likeness (QED) is 0.122. The molecule has 17 heteroatoms. The van der Waals surface area contributed by atoms with Crippen LogP contribution in [0.3, 0.4) is 0 Å². The second-order valence-electron chi connectivity index (χ2n) is 18.6. The van der Waals surface area contributed by atoms with Gasteiger partial charge in [-0.3, -0.25) is 34.2 Å². The number of nitrogens with zero attached hydrogens (tertiary/aromatic N) is 8. The summed E-state index contributed by atoms with van der Waals surface area (Å²) in [6, 6.07) is 21.5. The van der Waals surface area contributed by atoms with Crippen molar-refractivity contribution in [2.45, 2.75) is 88.5 Å². The van der Waals surface area contributed by atoms with Crippen LogP contribution < -0.4 is 16.4 Å². The first kappa shape index (κ1) is 44.3. The van der Waals surface area contributed by atoms with Crippen molar-refractivity contribution < 1.29 is 27.6 Å². The van der Waals surface area contributed by atoms with Gasteiger partial charge in [-0.05, 0) is 129 Å². The van der Waals surface area contributed by atoms with Crippen molar-refractivity contribution >= 4 is 40.3 Å². The zero-order valence-electron chi connectivity index (χ0n) is 37.6. The molecule has 3 atom stereocenters. The molecule has 2 unspecified atom stereocenters. The second kappa shape index (κ2) is 17.9. The highest BCUT2D eigenvalue weighted by Gasteiger charge is 2.46. The lowest BCUT2D eigenvalue weighted by molar-refractivity contribution is -0.133. The van der Waals surface area contributed by atoms with E-state index in [1.165, 1.54) is 23.4 Å². The van der Waals surface area contributed by atoms with Crippen molar-refractivity contribution in [2.75, 3.05) is 43.8 Å². The molecule has 0 bridgehead atoms. The summed E-state index contributed by atoms with van der Waals surface area (Å²) in [4.78, 5) is 52.4. The SMILES string of the molecule is C[C@@H](c1cc2c(-c3ccc(N)nc3)ccnc2n1C)N1CCC(c2ccc(C(=O)N3CCn4nc(CN5CCC(c6ccc(NC7CCC(=O)NC7=O)cc6F)C(F)(F)C5)cc4C3)cc2)CC1. The minimum absolute atomic E-state index is 0.0488. The topological polar surface area (TPSA) is 160 Å². The molecule has 10 rings (SSSR count).